The Morgan fingerprint density at radius 3 is 2.85 bits per heavy atom. The van der Waals surface area contributed by atoms with E-state index in [-0.39, 0.29) is 17.7 Å². The molecule has 1 saturated heterocycles. The molecule has 2 atom stereocenters. The molecule has 1 rings (SSSR count). The van der Waals surface area contributed by atoms with Gasteiger partial charge in [-0.2, -0.15) is 15.5 Å². The highest BCUT2D eigenvalue weighted by atomic mass is 16.2. The highest BCUT2D eigenvalue weighted by Crippen LogP contribution is 2.17. The fourth-order valence-corrected chi connectivity index (χ4v) is 1.18. The van der Waals surface area contributed by atoms with Crippen LogP contribution in [0.3, 0.4) is 0 Å². The van der Waals surface area contributed by atoms with Gasteiger partial charge in [-0.1, -0.05) is 6.92 Å². The first-order valence-electron chi connectivity index (χ1n) is 3.86. The van der Waals surface area contributed by atoms with E-state index in [2.05, 4.69) is 10.3 Å². The van der Waals surface area contributed by atoms with E-state index in [0.29, 0.717) is 6.42 Å². The minimum atomic E-state index is -0.465. The van der Waals surface area contributed by atoms with Gasteiger partial charge in [0.05, 0.1) is 6.07 Å². The summed E-state index contributed by atoms with van der Waals surface area (Å²) in [5, 5.41) is 19.4. The molecular weight excluding hydrogens is 168 g/mol. The molecule has 0 saturated carbocycles. The summed E-state index contributed by atoms with van der Waals surface area (Å²) in [6, 6.07) is 1.99. The van der Waals surface area contributed by atoms with Gasteiger partial charge in [0, 0.05) is 5.92 Å². The van der Waals surface area contributed by atoms with E-state index >= 15 is 0 Å². The molecule has 1 heterocycles. The van der Waals surface area contributed by atoms with E-state index in [1.807, 2.05) is 6.07 Å². The maximum absolute atomic E-state index is 11.1. The highest BCUT2D eigenvalue weighted by Gasteiger charge is 2.30. The molecule has 0 aromatic carbocycles. The zero-order valence-corrected chi connectivity index (χ0v) is 7.11. The van der Waals surface area contributed by atoms with Crippen molar-refractivity contribution < 1.29 is 4.79 Å². The molecule has 0 radical (unpaired) electrons. The third kappa shape index (κ3) is 1.83. The summed E-state index contributed by atoms with van der Waals surface area (Å²) in [5.41, 5.74) is 0. The lowest BCUT2D eigenvalue weighted by molar-refractivity contribution is -0.124. The van der Waals surface area contributed by atoms with Crippen LogP contribution in [0, 0.1) is 34.6 Å². The van der Waals surface area contributed by atoms with Crippen LogP contribution in [0.4, 0.5) is 0 Å². The van der Waals surface area contributed by atoms with Crippen LogP contribution in [0.25, 0.3) is 0 Å². The van der Waals surface area contributed by atoms with Gasteiger partial charge in [-0.15, -0.1) is 0 Å². The summed E-state index contributed by atoms with van der Waals surface area (Å²) in [7, 11) is 0. The Balaban J connectivity index is 2.87. The van der Waals surface area contributed by atoms with E-state index < -0.39 is 5.92 Å². The van der Waals surface area contributed by atoms with Gasteiger partial charge in [-0.3, -0.25) is 4.79 Å². The Bertz CT molecular complexity index is 333. The molecular formula is C8H8N4O. The number of amides is 1. The van der Waals surface area contributed by atoms with Gasteiger partial charge < -0.3 is 5.32 Å². The molecule has 0 aliphatic carbocycles. The second-order valence-corrected chi connectivity index (χ2v) is 2.90. The maximum atomic E-state index is 11.1. The number of rotatable bonds is 0. The number of nitrogens with zero attached hydrogens (tertiary/aromatic N) is 3. The van der Waals surface area contributed by atoms with E-state index in [4.69, 9.17) is 10.5 Å². The minimum absolute atomic E-state index is 0.174. The predicted octanol–water partition coefficient (Wildman–Crippen LogP) is 0.162. The lowest BCUT2D eigenvalue weighted by Gasteiger charge is -2.22. The van der Waals surface area contributed by atoms with Gasteiger partial charge in [0.1, 0.15) is 11.8 Å². The molecule has 1 amide bonds. The summed E-state index contributed by atoms with van der Waals surface area (Å²) in [4.78, 5) is 14.5. The zero-order valence-electron chi connectivity index (χ0n) is 7.11. The Labute approximate surface area is 75.7 Å². The normalized spacial score (nSPS) is 30.4. The van der Waals surface area contributed by atoms with Crippen LogP contribution in [0.5, 0.6) is 0 Å². The van der Waals surface area contributed by atoms with E-state index in [1.165, 1.54) is 0 Å². The Morgan fingerprint density at radius 2 is 2.31 bits per heavy atom. The van der Waals surface area contributed by atoms with Crippen molar-refractivity contribution in [2.75, 3.05) is 0 Å². The molecule has 13 heavy (non-hydrogen) atoms. The van der Waals surface area contributed by atoms with Gasteiger partial charge >= 0.3 is 0 Å². The Kier molecular flexibility index (Phi) is 2.61. The molecule has 66 valence electrons. The number of amidine groups is 1. The first-order valence-corrected chi connectivity index (χ1v) is 3.86. The standard InChI is InChI=1S/C8H8N4O/c1-5-2-6(3-9)7(11-4-10)12-8(5)13/h5-6H,2H2,1H3,(H,11,12,13). The van der Waals surface area contributed by atoms with E-state index in [1.54, 1.807) is 13.1 Å². The van der Waals surface area contributed by atoms with Crippen molar-refractivity contribution >= 4 is 11.7 Å². The second-order valence-electron chi connectivity index (χ2n) is 2.90. The van der Waals surface area contributed by atoms with Crippen molar-refractivity contribution in [1.29, 1.82) is 10.5 Å². The quantitative estimate of drug-likeness (QED) is 0.533. The fraction of sp³-hybridized carbons (Fsp3) is 0.500. The number of nitriles is 2. The second kappa shape index (κ2) is 3.68. The minimum Gasteiger partial charge on any atom is -0.312 e. The predicted molar refractivity (Wildman–Crippen MR) is 44.1 cm³/mol. The SMILES string of the molecule is CC1CC(C#N)C(=NC#N)NC1=O. The van der Waals surface area contributed by atoms with Crippen LogP contribution < -0.4 is 5.32 Å². The van der Waals surface area contributed by atoms with Crippen LogP contribution in [0.2, 0.25) is 0 Å². The van der Waals surface area contributed by atoms with E-state index in [0.717, 1.165) is 0 Å². The summed E-state index contributed by atoms with van der Waals surface area (Å²) in [6.07, 6.45) is 1.99. The number of aliphatic imine (C=N–C) groups is 1. The number of carbonyl (C=O) groups excluding carboxylic acids is 1. The first-order chi connectivity index (χ1) is 6.19. The molecule has 1 aliphatic rings. The molecule has 0 aromatic rings. The molecule has 1 fully saturated rings. The zero-order chi connectivity index (χ0) is 9.84. The summed E-state index contributed by atoms with van der Waals surface area (Å²) >= 11 is 0. The number of carbonyl (C=O) groups is 1. The van der Waals surface area contributed by atoms with Crippen LogP contribution in [-0.2, 0) is 4.79 Å². The van der Waals surface area contributed by atoms with Crippen molar-refractivity contribution in [2.24, 2.45) is 16.8 Å². The van der Waals surface area contributed by atoms with Crippen molar-refractivity contribution in [3.63, 3.8) is 0 Å². The molecule has 1 N–H and O–H groups in total. The lowest BCUT2D eigenvalue weighted by atomic mass is 9.91. The smallest absolute Gasteiger partial charge is 0.228 e. The van der Waals surface area contributed by atoms with Crippen molar-refractivity contribution in [2.45, 2.75) is 13.3 Å². The Morgan fingerprint density at radius 1 is 1.62 bits per heavy atom. The highest BCUT2D eigenvalue weighted by molar-refractivity contribution is 6.03. The monoisotopic (exact) mass is 176 g/mol. The lowest BCUT2D eigenvalue weighted by Crippen LogP contribution is -2.44. The molecule has 1 aliphatic heterocycles. The largest absolute Gasteiger partial charge is 0.312 e. The number of piperidine rings is 1. The molecule has 0 aromatic heterocycles. The van der Waals surface area contributed by atoms with Crippen molar-refractivity contribution in [1.82, 2.24) is 5.32 Å². The average Bonchev–Trinajstić information content (AvgIpc) is 2.11. The topological polar surface area (TPSA) is 89.0 Å². The van der Waals surface area contributed by atoms with Gasteiger partial charge in [0.25, 0.3) is 0 Å². The first kappa shape index (κ1) is 9.21. The van der Waals surface area contributed by atoms with Crippen molar-refractivity contribution in [3.8, 4) is 12.3 Å². The van der Waals surface area contributed by atoms with Gasteiger partial charge in [0.2, 0.25) is 12.1 Å². The van der Waals surface area contributed by atoms with Gasteiger partial charge in [-0.25, -0.2) is 0 Å². The third-order valence-electron chi connectivity index (χ3n) is 1.94. The Hall–Kier alpha value is -1.88. The van der Waals surface area contributed by atoms with Crippen LogP contribution in [0.15, 0.2) is 4.99 Å². The third-order valence-corrected chi connectivity index (χ3v) is 1.94. The van der Waals surface area contributed by atoms with Gasteiger partial charge in [0.15, 0.2) is 0 Å². The summed E-state index contributed by atoms with van der Waals surface area (Å²) < 4.78 is 0. The fourth-order valence-electron chi connectivity index (χ4n) is 1.18. The van der Waals surface area contributed by atoms with Crippen LogP contribution in [-0.4, -0.2) is 11.7 Å². The molecule has 2 unspecified atom stereocenters. The van der Waals surface area contributed by atoms with Crippen LogP contribution >= 0.6 is 0 Å². The number of hydrogen-bond donors (Lipinski definition) is 1. The van der Waals surface area contributed by atoms with Crippen LogP contribution in [0.1, 0.15) is 13.3 Å². The maximum Gasteiger partial charge on any atom is 0.228 e. The summed E-state index contributed by atoms with van der Waals surface area (Å²) in [5.74, 6) is -0.664. The summed E-state index contributed by atoms with van der Waals surface area (Å²) in [6.45, 7) is 1.74. The van der Waals surface area contributed by atoms with Gasteiger partial charge in [-0.05, 0) is 6.42 Å². The number of hydrogen-bond acceptors (Lipinski definition) is 4. The van der Waals surface area contributed by atoms with E-state index in [9.17, 15) is 4.79 Å². The molecule has 5 nitrogen and oxygen atoms in total. The van der Waals surface area contributed by atoms with Crippen molar-refractivity contribution in [3.05, 3.63) is 0 Å². The molecule has 0 spiro atoms. The average molecular weight is 176 g/mol. The number of nitrogens with one attached hydrogen (secondary N) is 1. The molecule has 0 bridgehead atoms. The molecule has 5 heteroatoms.